The summed E-state index contributed by atoms with van der Waals surface area (Å²) < 4.78 is 16.1. The number of carboxylic acids is 1. The fraction of sp³-hybridized carbons (Fsp3) is 0.417. The summed E-state index contributed by atoms with van der Waals surface area (Å²) in [6.45, 7) is 2.55. The lowest BCUT2D eigenvalue weighted by molar-refractivity contribution is -0.138. The van der Waals surface area contributed by atoms with E-state index in [0.717, 1.165) is 0 Å². The van der Waals surface area contributed by atoms with Gasteiger partial charge in [-0.2, -0.15) is 0 Å². The second-order valence-corrected chi connectivity index (χ2v) is 7.33. The SMILES string of the molecule is O=C(O)CCOCCCOCCCNC(=O)OCC1c2ccccc2-c2ccccc21. The highest BCUT2D eigenvalue weighted by Gasteiger charge is 2.28. The summed E-state index contributed by atoms with van der Waals surface area (Å²) in [5, 5.41) is 11.3. The largest absolute Gasteiger partial charge is 0.481 e. The predicted molar refractivity (Wildman–Crippen MR) is 116 cm³/mol. The van der Waals surface area contributed by atoms with E-state index in [1.54, 1.807) is 0 Å². The number of ether oxygens (including phenoxy) is 3. The fourth-order valence-corrected chi connectivity index (χ4v) is 3.64. The zero-order chi connectivity index (χ0) is 21.9. The number of amides is 1. The highest BCUT2D eigenvalue weighted by Crippen LogP contribution is 2.44. The van der Waals surface area contributed by atoms with Gasteiger partial charge in [-0.1, -0.05) is 48.5 Å². The Morgan fingerprint density at radius 3 is 2.06 bits per heavy atom. The molecule has 0 aliphatic heterocycles. The zero-order valence-electron chi connectivity index (χ0n) is 17.5. The fourth-order valence-electron chi connectivity index (χ4n) is 3.64. The van der Waals surface area contributed by atoms with Gasteiger partial charge in [0.05, 0.1) is 13.0 Å². The van der Waals surface area contributed by atoms with E-state index in [0.29, 0.717) is 45.8 Å². The number of nitrogens with one attached hydrogen (secondary N) is 1. The van der Waals surface area contributed by atoms with E-state index in [4.69, 9.17) is 19.3 Å². The summed E-state index contributed by atoms with van der Waals surface area (Å²) >= 11 is 0. The molecule has 7 heteroatoms. The van der Waals surface area contributed by atoms with Gasteiger partial charge in [0.25, 0.3) is 0 Å². The average molecular weight is 427 g/mol. The molecule has 0 heterocycles. The molecule has 2 N–H and O–H groups in total. The Morgan fingerprint density at radius 1 is 0.839 bits per heavy atom. The summed E-state index contributed by atoms with van der Waals surface area (Å²) in [4.78, 5) is 22.4. The Labute approximate surface area is 182 Å². The van der Waals surface area contributed by atoms with Crippen LogP contribution < -0.4 is 5.32 Å². The number of carboxylic acid groups (broad SMARTS) is 1. The Bertz CT molecular complexity index is 823. The highest BCUT2D eigenvalue weighted by molar-refractivity contribution is 5.79. The van der Waals surface area contributed by atoms with Gasteiger partial charge < -0.3 is 24.6 Å². The molecule has 3 rings (SSSR count). The van der Waals surface area contributed by atoms with Gasteiger partial charge >= 0.3 is 12.1 Å². The summed E-state index contributed by atoms with van der Waals surface area (Å²) in [5.41, 5.74) is 4.79. The van der Waals surface area contributed by atoms with E-state index < -0.39 is 12.1 Å². The molecule has 0 aromatic heterocycles. The standard InChI is InChI=1S/C24H29NO6/c26-23(27)11-16-30-15-6-14-29-13-5-12-25-24(28)31-17-22-20-9-3-1-7-18(20)19-8-2-4-10-21(19)22/h1-4,7-10,22H,5-6,11-17H2,(H,25,28)(H,26,27). The molecule has 0 radical (unpaired) electrons. The summed E-state index contributed by atoms with van der Waals surface area (Å²) in [7, 11) is 0. The number of carbonyl (C=O) groups excluding carboxylic acids is 1. The number of fused-ring (bicyclic) bond motifs is 3. The first-order chi connectivity index (χ1) is 15.2. The molecular weight excluding hydrogens is 398 g/mol. The number of aliphatic carboxylic acids is 1. The van der Waals surface area contributed by atoms with E-state index in [2.05, 4.69) is 29.6 Å². The molecule has 0 saturated heterocycles. The van der Waals surface area contributed by atoms with Crippen molar-refractivity contribution in [1.82, 2.24) is 5.32 Å². The lowest BCUT2D eigenvalue weighted by atomic mass is 9.98. The van der Waals surface area contributed by atoms with Gasteiger partial charge in [0, 0.05) is 32.3 Å². The third-order valence-corrected chi connectivity index (χ3v) is 5.12. The topological polar surface area (TPSA) is 94.1 Å². The number of alkyl carbamates (subject to hydrolysis) is 1. The molecule has 2 aromatic rings. The minimum atomic E-state index is -0.861. The van der Waals surface area contributed by atoms with Crippen LogP contribution >= 0.6 is 0 Å². The van der Waals surface area contributed by atoms with Gasteiger partial charge in [-0.05, 0) is 35.1 Å². The minimum Gasteiger partial charge on any atom is -0.481 e. The third-order valence-electron chi connectivity index (χ3n) is 5.12. The van der Waals surface area contributed by atoms with Gasteiger partial charge in [-0.15, -0.1) is 0 Å². The van der Waals surface area contributed by atoms with Crippen LogP contribution in [0.3, 0.4) is 0 Å². The average Bonchev–Trinajstić information content (AvgIpc) is 3.09. The molecule has 1 amide bonds. The second-order valence-electron chi connectivity index (χ2n) is 7.33. The van der Waals surface area contributed by atoms with Crippen LogP contribution in [0.1, 0.15) is 36.3 Å². The Morgan fingerprint density at radius 2 is 1.42 bits per heavy atom. The van der Waals surface area contributed by atoms with Crippen LogP contribution in [0, 0.1) is 0 Å². The first kappa shape index (κ1) is 22.8. The van der Waals surface area contributed by atoms with Crippen molar-refractivity contribution in [2.75, 3.05) is 39.6 Å². The third kappa shape index (κ3) is 6.80. The van der Waals surface area contributed by atoms with Crippen LogP contribution in [0.4, 0.5) is 4.79 Å². The van der Waals surface area contributed by atoms with Crippen molar-refractivity contribution in [3.63, 3.8) is 0 Å². The van der Waals surface area contributed by atoms with Gasteiger partial charge in [-0.25, -0.2) is 4.79 Å². The smallest absolute Gasteiger partial charge is 0.407 e. The van der Waals surface area contributed by atoms with Crippen LogP contribution in [0.25, 0.3) is 11.1 Å². The van der Waals surface area contributed by atoms with Crippen LogP contribution in [0.2, 0.25) is 0 Å². The molecule has 166 valence electrons. The normalized spacial score (nSPS) is 12.3. The van der Waals surface area contributed by atoms with Crippen molar-refractivity contribution in [2.45, 2.75) is 25.2 Å². The van der Waals surface area contributed by atoms with Crippen molar-refractivity contribution in [2.24, 2.45) is 0 Å². The number of rotatable bonds is 13. The lowest BCUT2D eigenvalue weighted by Gasteiger charge is -2.14. The number of benzene rings is 2. The summed E-state index contributed by atoms with van der Waals surface area (Å²) in [6, 6.07) is 16.5. The molecular formula is C24H29NO6. The Hall–Kier alpha value is -2.90. The Kier molecular flexibility index (Phi) is 8.87. The molecule has 1 aliphatic carbocycles. The van der Waals surface area contributed by atoms with Crippen molar-refractivity contribution >= 4 is 12.1 Å². The monoisotopic (exact) mass is 427 g/mol. The summed E-state index contributed by atoms with van der Waals surface area (Å²) in [6.07, 6.45) is 0.986. The molecule has 1 aliphatic rings. The van der Waals surface area contributed by atoms with E-state index in [9.17, 15) is 9.59 Å². The first-order valence-electron chi connectivity index (χ1n) is 10.6. The molecule has 2 aromatic carbocycles. The van der Waals surface area contributed by atoms with Crippen LogP contribution in [-0.2, 0) is 19.0 Å². The zero-order valence-corrected chi connectivity index (χ0v) is 17.5. The molecule has 0 spiro atoms. The molecule has 0 fully saturated rings. The van der Waals surface area contributed by atoms with E-state index in [-0.39, 0.29) is 18.9 Å². The van der Waals surface area contributed by atoms with Crippen LogP contribution in [-0.4, -0.2) is 56.7 Å². The molecule has 7 nitrogen and oxygen atoms in total. The van der Waals surface area contributed by atoms with E-state index in [1.165, 1.54) is 22.3 Å². The van der Waals surface area contributed by atoms with Crippen molar-refractivity contribution in [1.29, 1.82) is 0 Å². The van der Waals surface area contributed by atoms with Gasteiger partial charge in [0.2, 0.25) is 0 Å². The minimum absolute atomic E-state index is 0.0163. The molecule has 0 atom stereocenters. The maximum Gasteiger partial charge on any atom is 0.407 e. The quantitative estimate of drug-likeness (QED) is 0.472. The first-order valence-corrected chi connectivity index (χ1v) is 10.6. The maximum absolute atomic E-state index is 12.1. The van der Waals surface area contributed by atoms with Gasteiger partial charge in [-0.3, -0.25) is 4.79 Å². The van der Waals surface area contributed by atoms with Crippen molar-refractivity contribution < 1.29 is 28.9 Å². The molecule has 0 unspecified atom stereocenters. The van der Waals surface area contributed by atoms with E-state index >= 15 is 0 Å². The number of hydrogen-bond donors (Lipinski definition) is 2. The Balaban J connectivity index is 1.27. The maximum atomic E-state index is 12.1. The second kappa shape index (κ2) is 12.1. The van der Waals surface area contributed by atoms with E-state index in [1.807, 2.05) is 24.3 Å². The number of hydrogen-bond acceptors (Lipinski definition) is 5. The lowest BCUT2D eigenvalue weighted by Crippen LogP contribution is -2.27. The van der Waals surface area contributed by atoms with Crippen molar-refractivity contribution in [3.05, 3.63) is 59.7 Å². The highest BCUT2D eigenvalue weighted by atomic mass is 16.5. The number of carbonyl (C=O) groups is 2. The van der Waals surface area contributed by atoms with Crippen LogP contribution in [0.5, 0.6) is 0 Å². The molecule has 0 bridgehead atoms. The summed E-state index contributed by atoms with van der Waals surface area (Å²) in [5.74, 6) is -0.806. The molecule has 31 heavy (non-hydrogen) atoms. The van der Waals surface area contributed by atoms with Gasteiger partial charge in [0.1, 0.15) is 6.61 Å². The predicted octanol–water partition coefficient (Wildman–Crippen LogP) is 3.81. The molecule has 0 saturated carbocycles. The van der Waals surface area contributed by atoms with Crippen LogP contribution in [0.15, 0.2) is 48.5 Å². The van der Waals surface area contributed by atoms with Crippen molar-refractivity contribution in [3.8, 4) is 11.1 Å². The van der Waals surface area contributed by atoms with Gasteiger partial charge in [0.15, 0.2) is 0 Å².